The molecule has 2 atom stereocenters. The molecule has 2 aromatic rings. The number of nitrogens with zero attached hydrogens (tertiary/aromatic N) is 3. The summed E-state index contributed by atoms with van der Waals surface area (Å²) >= 11 is 0. The fraction of sp³-hybridized carbons (Fsp3) is 0.526. The summed E-state index contributed by atoms with van der Waals surface area (Å²) in [5.74, 6) is -0.0407. The monoisotopic (exact) mass is 340 g/mol. The van der Waals surface area contributed by atoms with Gasteiger partial charge in [-0.3, -0.25) is 9.78 Å². The molecule has 1 saturated carbocycles. The summed E-state index contributed by atoms with van der Waals surface area (Å²) in [5.41, 5.74) is 0.660. The quantitative estimate of drug-likeness (QED) is 0.913. The lowest BCUT2D eigenvalue weighted by Gasteiger charge is -2.39. The van der Waals surface area contributed by atoms with Gasteiger partial charge in [-0.25, -0.2) is 4.79 Å². The first-order chi connectivity index (χ1) is 11.8. The van der Waals surface area contributed by atoms with Crippen LogP contribution >= 0.6 is 0 Å². The summed E-state index contributed by atoms with van der Waals surface area (Å²) in [7, 11) is 0. The normalized spacial score (nSPS) is 27.5. The first-order valence-electron chi connectivity index (χ1n) is 8.82. The summed E-state index contributed by atoms with van der Waals surface area (Å²) in [4.78, 5) is 29.8. The van der Waals surface area contributed by atoms with E-state index in [0.29, 0.717) is 5.69 Å². The van der Waals surface area contributed by atoms with Crippen LogP contribution in [0.25, 0.3) is 5.69 Å². The number of aromatic nitrogens is 3. The van der Waals surface area contributed by atoms with Crippen molar-refractivity contribution in [2.45, 2.75) is 46.1 Å². The largest absolute Gasteiger partial charge is 0.348 e. The van der Waals surface area contributed by atoms with E-state index in [-0.39, 0.29) is 34.3 Å². The zero-order valence-electron chi connectivity index (χ0n) is 15.0. The van der Waals surface area contributed by atoms with E-state index in [2.05, 4.69) is 30.9 Å². The molecule has 1 aromatic carbocycles. The summed E-state index contributed by atoms with van der Waals surface area (Å²) < 4.78 is 1.25. The average Bonchev–Trinajstić information content (AvgIpc) is 3.04. The topological polar surface area (TPSA) is 71.0 Å². The third-order valence-corrected chi connectivity index (χ3v) is 5.50. The first kappa shape index (κ1) is 16.1. The molecule has 1 saturated heterocycles. The minimum Gasteiger partial charge on any atom is -0.332 e. The molecule has 2 fully saturated rings. The summed E-state index contributed by atoms with van der Waals surface area (Å²) in [5, 5.41) is 4.26. The van der Waals surface area contributed by atoms with Gasteiger partial charge in [0, 0.05) is 12.6 Å². The van der Waals surface area contributed by atoms with E-state index in [1.165, 1.54) is 4.68 Å². The molecule has 0 radical (unpaired) electrons. The maximum atomic E-state index is 13.0. The van der Waals surface area contributed by atoms with Crippen molar-refractivity contribution in [3.63, 3.8) is 0 Å². The van der Waals surface area contributed by atoms with E-state index in [1.807, 2.05) is 23.1 Å². The standard InChI is InChI=1S/C19H24N4O2/c1-18(2)9-14-10-19(3,11-18)12-22(14)16(24)15-20-17(25)23(21-15)13-7-5-4-6-8-13/h4-8,14H,9-12H2,1-3H3,(H,20,21,25). The number of likely N-dealkylation sites (tertiary alicyclic amines) is 1. The van der Waals surface area contributed by atoms with E-state index in [4.69, 9.17) is 0 Å². The average molecular weight is 340 g/mol. The summed E-state index contributed by atoms with van der Waals surface area (Å²) in [6, 6.07) is 9.37. The molecule has 4 rings (SSSR count). The number of hydrogen-bond acceptors (Lipinski definition) is 3. The van der Waals surface area contributed by atoms with Crippen molar-refractivity contribution in [3.05, 3.63) is 46.6 Å². The van der Waals surface area contributed by atoms with Crippen LogP contribution in [0.1, 0.15) is 50.7 Å². The van der Waals surface area contributed by atoms with Gasteiger partial charge >= 0.3 is 5.69 Å². The van der Waals surface area contributed by atoms with Crippen molar-refractivity contribution in [2.75, 3.05) is 6.54 Å². The van der Waals surface area contributed by atoms with Crippen molar-refractivity contribution < 1.29 is 4.79 Å². The highest BCUT2D eigenvalue weighted by Crippen LogP contribution is 2.52. The van der Waals surface area contributed by atoms with Crippen LogP contribution in [-0.4, -0.2) is 38.2 Å². The molecule has 6 heteroatoms. The lowest BCUT2D eigenvalue weighted by atomic mass is 9.65. The minimum atomic E-state index is -0.386. The third-order valence-electron chi connectivity index (χ3n) is 5.50. The molecule has 1 aliphatic carbocycles. The molecule has 2 unspecified atom stereocenters. The summed E-state index contributed by atoms with van der Waals surface area (Å²) in [6.07, 6.45) is 3.15. The number of H-pyrrole nitrogens is 1. The Hall–Kier alpha value is -2.37. The molecule has 2 bridgehead atoms. The van der Waals surface area contributed by atoms with Gasteiger partial charge in [-0.15, -0.1) is 5.10 Å². The molecule has 1 aromatic heterocycles. The van der Waals surface area contributed by atoms with Crippen LogP contribution in [0.4, 0.5) is 0 Å². The Morgan fingerprint density at radius 2 is 1.92 bits per heavy atom. The highest BCUT2D eigenvalue weighted by atomic mass is 16.2. The molecule has 132 valence electrons. The van der Waals surface area contributed by atoms with Crippen LogP contribution in [-0.2, 0) is 0 Å². The number of hydrogen-bond donors (Lipinski definition) is 1. The summed E-state index contributed by atoms with van der Waals surface area (Å²) in [6.45, 7) is 7.55. The Labute approximate surface area is 146 Å². The van der Waals surface area contributed by atoms with Crippen LogP contribution in [0.2, 0.25) is 0 Å². The van der Waals surface area contributed by atoms with Crippen molar-refractivity contribution in [1.82, 2.24) is 19.7 Å². The SMILES string of the molecule is CC1(C)CC2CC(C)(CN2C(=O)c2nn(-c3ccccc3)c(=O)[nH]2)C1. The van der Waals surface area contributed by atoms with Crippen molar-refractivity contribution in [1.29, 1.82) is 0 Å². The molecule has 1 aliphatic heterocycles. The molecule has 2 heterocycles. The van der Waals surface area contributed by atoms with Gasteiger partial charge in [-0.05, 0) is 42.2 Å². The second-order valence-corrected chi connectivity index (χ2v) is 8.67. The number of benzene rings is 1. The van der Waals surface area contributed by atoms with Gasteiger partial charge in [-0.2, -0.15) is 4.68 Å². The van der Waals surface area contributed by atoms with Gasteiger partial charge in [0.05, 0.1) is 5.69 Å². The van der Waals surface area contributed by atoms with Gasteiger partial charge in [0.15, 0.2) is 0 Å². The van der Waals surface area contributed by atoms with Gasteiger partial charge in [-0.1, -0.05) is 39.0 Å². The van der Waals surface area contributed by atoms with Crippen LogP contribution < -0.4 is 5.69 Å². The van der Waals surface area contributed by atoms with E-state index in [0.717, 1.165) is 25.8 Å². The zero-order chi connectivity index (χ0) is 17.8. The molecular weight excluding hydrogens is 316 g/mol. The van der Waals surface area contributed by atoms with Crippen LogP contribution in [0, 0.1) is 10.8 Å². The molecule has 1 amide bonds. The highest BCUT2D eigenvalue weighted by Gasteiger charge is 2.51. The fourth-order valence-electron chi connectivity index (χ4n) is 5.00. The number of amides is 1. The molecule has 1 N–H and O–H groups in total. The van der Waals surface area contributed by atoms with Gasteiger partial charge in [0.25, 0.3) is 5.91 Å². The molecule has 2 aliphatic rings. The second kappa shape index (κ2) is 5.31. The molecule has 0 spiro atoms. The van der Waals surface area contributed by atoms with Crippen LogP contribution in [0.3, 0.4) is 0 Å². The number of rotatable bonds is 2. The predicted octanol–water partition coefficient (Wildman–Crippen LogP) is 2.60. The minimum absolute atomic E-state index is 0.128. The number of para-hydroxylation sites is 1. The smallest absolute Gasteiger partial charge is 0.332 e. The fourth-order valence-corrected chi connectivity index (χ4v) is 5.00. The van der Waals surface area contributed by atoms with Crippen molar-refractivity contribution in [3.8, 4) is 5.69 Å². The van der Waals surface area contributed by atoms with E-state index in [1.54, 1.807) is 12.1 Å². The number of fused-ring (bicyclic) bond motifs is 2. The number of carbonyl (C=O) groups is 1. The van der Waals surface area contributed by atoms with Crippen LogP contribution in [0.15, 0.2) is 35.1 Å². The van der Waals surface area contributed by atoms with E-state index >= 15 is 0 Å². The maximum Gasteiger partial charge on any atom is 0.348 e. The zero-order valence-corrected chi connectivity index (χ0v) is 15.0. The van der Waals surface area contributed by atoms with E-state index < -0.39 is 0 Å². The number of nitrogens with one attached hydrogen (secondary N) is 1. The Morgan fingerprint density at radius 3 is 2.64 bits per heavy atom. The highest BCUT2D eigenvalue weighted by molar-refractivity contribution is 5.91. The van der Waals surface area contributed by atoms with Crippen molar-refractivity contribution in [2.24, 2.45) is 10.8 Å². The van der Waals surface area contributed by atoms with Gasteiger partial charge in [0.1, 0.15) is 0 Å². The van der Waals surface area contributed by atoms with Gasteiger partial charge < -0.3 is 4.90 Å². The number of aromatic amines is 1. The van der Waals surface area contributed by atoms with E-state index in [9.17, 15) is 9.59 Å². The predicted molar refractivity (Wildman–Crippen MR) is 94.7 cm³/mol. The Kier molecular flexibility index (Phi) is 3.42. The third kappa shape index (κ3) is 2.79. The first-order valence-corrected chi connectivity index (χ1v) is 8.82. The lowest BCUT2D eigenvalue weighted by molar-refractivity contribution is 0.0696. The Morgan fingerprint density at radius 1 is 1.20 bits per heavy atom. The lowest BCUT2D eigenvalue weighted by Crippen LogP contribution is -2.38. The Bertz CT molecular complexity index is 867. The molecule has 6 nitrogen and oxygen atoms in total. The maximum absolute atomic E-state index is 13.0. The Balaban J connectivity index is 1.64. The molecule has 25 heavy (non-hydrogen) atoms. The number of carbonyl (C=O) groups excluding carboxylic acids is 1. The van der Waals surface area contributed by atoms with Gasteiger partial charge in [0.2, 0.25) is 5.82 Å². The van der Waals surface area contributed by atoms with Crippen LogP contribution in [0.5, 0.6) is 0 Å². The second-order valence-electron chi connectivity index (χ2n) is 8.67. The molecular formula is C19H24N4O2. The van der Waals surface area contributed by atoms with Crippen molar-refractivity contribution >= 4 is 5.91 Å².